The third kappa shape index (κ3) is 7.53. The normalized spacial score (nSPS) is 15.7. The maximum atomic E-state index is 6.28. The standard InChI is InChI=1S/C46H50N2O4/c1-29(2)27-49-41-25-43-39(23-37(41)33-9-5-6-10-33)47-45(51-43)35-19-15-31(16-20-35)13-14-32-17-21-36(22-18-32)46-48-40-24-38(34-11-7-8-12-34)42(26-44(40)52-46)50-28-30(3)4/h13-26,29-30,33-34H,5-12,27-28H2,1-4H3. The summed E-state index contributed by atoms with van der Waals surface area (Å²) in [6, 6.07) is 25.2. The van der Waals surface area contributed by atoms with Gasteiger partial charge in [-0.2, -0.15) is 0 Å². The summed E-state index contributed by atoms with van der Waals surface area (Å²) >= 11 is 0. The number of oxazole rings is 2. The third-order valence-electron chi connectivity index (χ3n) is 10.6. The van der Waals surface area contributed by atoms with Gasteiger partial charge in [-0.25, -0.2) is 9.97 Å². The van der Waals surface area contributed by atoms with E-state index in [9.17, 15) is 0 Å². The van der Waals surface area contributed by atoms with Crippen LogP contribution in [0.3, 0.4) is 0 Å². The van der Waals surface area contributed by atoms with Crippen molar-refractivity contribution in [1.29, 1.82) is 0 Å². The molecule has 2 aromatic heterocycles. The molecule has 0 amide bonds. The molecule has 0 atom stereocenters. The molecule has 2 heterocycles. The van der Waals surface area contributed by atoms with Crippen molar-refractivity contribution < 1.29 is 18.3 Å². The number of ether oxygens (including phenoxy) is 2. The number of rotatable bonds is 12. The van der Waals surface area contributed by atoms with E-state index in [0.717, 1.165) is 56.0 Å². The summed E-state index contributed by atoms with van der Waals surface area (Å²) in [5.74, 6) is 5.16. The van der Waals surface area contributed by atoms with E-state index in [1.165, 1.54) is 62.5 Å². The summed E-state index contributed by atoms with van der Waals surface area (Å²) < 4.78 is 25.1. The molecule has 0 bridgehead atoms. The van der Waals surface area contributed by atoms with Crippen LogP contribution in [0.15, 0.2) is 81.6 Å². The molecule has 6 nitrogen and oxygen atoms in total. The van der Waals surface area contributed by atoms with Crippen LogP contribution in [0, 0.1) is 11.8 Å². The number of hydrogen-bond acceptors (Lipinski definition) is 6. The van der Waals surface area contributed by atoms with Crippen LogP contribution >= 0.6 is 0 Å². The fourth-order valence-corrected chi connectivity index (χ4v) is 7.73. The van der Waals surface area contributed by atoms with Crippen LogP contribution in [0.4, 0.5) is 0 Å². The second-order valence-electron chi connectivity index (χ2n) is 15.7. The topological polar surface area (TPSA) is 70.5 Å². The molecule has 0 spiro atoms. The molecule has 2 fully saturated rings. The molecule has 6 heteroatoms. The van der Waals surface area contributed by atoms with Crippen molar-refractivity contribution in [2.24, 2.45) is 11.8 Å². The van der Waals surface area contributed by atoms with Gasteiger partial charge in [0.1, 0.15) is 22.5 Å². The van der Waals surface area contributed by atoms with Crippen LogP contribution in [0.1, 0.15) is 113 Å². The third-order valence-corrected chi connectivity index (χ3v) is 10.6. The van der Waals surface area contributed by atoms with Crippen LogP contribution in [0.2, 0.25) is 0 Å². The first kappa shape index (κ1) is 34.3. The van der Waals surface area contributed by atoms with Crippen LogP contribution in [0.25, 0.3) is 57.3 Å². The molecule has 8 rings (SSSR count). The molecule has 0 saturated heterocycles. The van der Waals surface area contributed by atoms with E-state index in [1.807, 2.05) is 0 Å². The molecular formula is C46H50N2O4. The minimum Gasteiger partial charge on any atom is -0.493 e. The number of hydrogen-bond donors (Lipinski definition) is 0. The summed E-state index contributed by atoms with van der Waals surface area (Å²) in [6.07, 6.45) is 14.2. The maximum Gasteiger partial charge on any atom is 0.227 e. The number of nitrogens with zero attached hydrogens (tertiary/aromatic N) is 2. The summed E-state index contributed by atoms with van der Waals surface area (Å²) in [5, 5.41) is 0. The molecule has 268 valence electrons. The van der Waals surface area contributed by atoms with Gasteiger partial charge in [0, 0.05) is 23.3 Å². The lowest BCUT2D eigenvalue weighted by molar-refractivity contribution is 0.267. The predicted octanol–water partition coefficient (Wildman–Crippen LogP) is 12.9. The highest BCUT2D eigenvalue weighted by molar-refractivity contribution is 5.81. The van der Waals surface area contributed by atoms with E-state index in [4.69, 9.17) is 28.3 Å². The predicted molar refractivity (Wildman–Crippen MR) is 211 cm³/mol. The van der Waals surface area contributed by atoms with Gasteiger partial charge in [0.2, 0.25) is 11.8 Å². The molecule has 0 N–H and O–H groups in total. The molecule has 2 aliphatic carbocycles. The van der Waals surface area contributed by atoms with Crippen LogP contribution in [0.5, 0.6) is 11.5 Å². The summed E-state index contributed by atoms with van der Waals surface area (Å²) in [6.45, 7) is 10.1. The van der Waals surface area contributed by atoms with Crippen LogP contribution < -0.4 is 9.47 Å². The van der Waals surface area contributed by atoms with Crippen molar-refractivity contribution in [3.05, 3.63) is 95.1 Å². The van der Waals surface area contributed by atoms with Crippen molar-refractivity contribution in [2.75, 3.05) is 13.2 Å². The van der Waals surface area contributed by atoms with Gasteiger partial charge in [-0.3, -0.25) is 0 Å². The Balaban J connectivity index is 0.966. The molecule has 2 saturated carbocycles. The molecule has 4 aromatic carbocycles. The first-order chi connectivity index (χ1) is 25.4. The average Bonchev–Trinajstić information content (AvgIpc) is 3.99. The van der Waals surface area contributed by atoms with E-state index in [2.05, 4.69) is 113 Å². The lowest BCUT2D eigenvalue weighted by atomic mass is 9.96. The van der Waals surface area contributed by atoms with E-state index in [0.29, 0.717) is 48.7 Å². The highest BCUT2D eigenvalue weighted by Gasteiger charge is 2.25. The molecule has 2 aliphatic rings. The minimum absolute atomic E-state index is 0.461. The molecule has 6 aromatic rings. The zero-order valence-electron chi connectivity index (χ0n) is 31.0. The second kappa shape index (κ2) is 15.0. The fourth-order valence-electron chi connectivity index (χ4n) is 7.73. The highest BCUT2D eigenvalue weighted by Crippen LogP contribution is 2.43. The largest absolute Gasteiger partial charge is 0.493 e. The number of benzene rings is 4. The van der Waals surface area contributed by atoms with Crippen molar-refractivity contribution in [2.45, 2.75) is 90.9 Å². The SMILES string of the molecule is CC(C)COc1cc2oc(-c3ccc(C=Cc4ccc(-c5nc6cc(C7CCCC7)c(OCC(C)C)cc6o5)cc4)cc3)nc2cc1C1CCCC1. The molecule has 0 aliphatic heterocycles. The Kier molecular flexibility index (Phi) is 9.90. The summed E-state index contributed by atoms with van der Waals surface area (Å²) in [4.78, 5) is 9.81. The highest BCUT2D eigenvalue weighted by atomic mass is 16.5. The Hall–Kier alpha value is -4.84. The Morgan fingerprint density at radius 2 is 0.962 bits per heavy atom. The zero-order chi connectivity index (χ0) is 35.6. The molecule has 0 unspecified atom stereocenters. The van der Waals surface area contributed by atoms with Gasteiger partial charge in [-0.15, -0.1) is 0 Å². The molecular weight excluding hydrogens is 645 g/mol. The van der Waals surface area contributed by atoms with Crippen molar-refractivity contribution >= 4 is 34.4 Å². The smallest absolute Gasteiger partial charge is 0.227 e. The van der Waals surface area contributed by atoms with E-state index >= 15 is 0 Å². The zero-order valence-corrected chi connectivity index (χ0v) is 31.0. The summed E-state index contributed by atoms with van der Waals surface area (Å²) in [5.41, 5.74) is 10.0. The quantitative estimate of drug-likeness (QED) is 0.119. The van der Waals surface area contributed by atoms with Crippen molar-refractivity contribution in [1.82, 2.24) is 9.97 Å². The van der Waals surface area contributed by atoms with Gasteiger partial charge in [0.25, 0.3) is 0 Å². The van der Waals surface area contributed by atoms with Crippen molar-refractivity contribution in [3.63, 3.8) is 0 Å². The molecule has 0 radical (unpaired) electrons. The first-order valence-electron chi connectivity index (χ1n) is 19.4. The lowest BCUT2D eigenvalue weighted by Gasteiger charge is -2.17. The first-order valence-corrected chi connectivity index (χ1v) is 19.4. The van der Waals surface area contributed by atoms with Gasteiger partial charge in [0.05, 0.1) is 13.2 Å². The molecule has 52 heavy (non-hydrogen) atoms. The van der Waals surface area contributed by atoms with E-state index < -0.39 is 0 Å². The van der Waals surface area contributed by atoms with Gasteiger partial charge in [-0.05, 0) is 108 Å². The van der Waals surface area contributed by atoms with E-state index in [1.54, 1.807) is 0 Å². The fraction of sp³-hybridized carbons (Fsp3) is 0.391. The van der Waals surface area contributed by atoms with E-state index in [-0.39, 0.29) is 0 Å². The van der Waals surface area contributed by atoms with Gasteiger partial charge in [0.15, 0.2) is 11.2 Å². The Morgan fingerprint density at radius 3 is 1.33 bits per heavy atom. The minimum atomic E-state index is 0.461. The van der Waals surface area contributed by atoms with Gasteiger partial charge < -0.3 is 18.3 Å². The number of fused-ring (bicyclic) bond motifs is 2. The Morgan fingerprint density at radius 1 is 0.577 bits per heavy atom. The Bertz CT molecular complexity index is 2000. The van der Waals surface area contributed by atoms with Gasteiger partial charge >= 0.3 is 0 Å². The second-order valence-corrected chi connectivity index (χ2v) is 15.7. The van der Waals surface area contributed by atoms with Gasteiger partial charge in [-0.1, -0.05) is 89.8 Å². The lowest BCUT2D eigenvalue weighted by Crippen LogP contribution is -2.07. The summed E-state index contributed by atoms with van der Waals surface area (Å²) in [7, 11) is 0. The Labute approximate surface area is 307 Å². The van der Waals surface area contributed by atoms with Crippen molar-refractivity contribution in [3.8, 4) is 34.4 Å². The van der Waals surface area contributed by atoms with Crippen LogP contribution in [-0.2, 0) is 0 Å². The monoisotopic (exact) mass is 694 g/mol. The average molecular weight is 695 g/mol. The van der Waals surface area contributed by atoms with Crippen LogP contribution in [-0.4, -0.2) is 23.2 Å². The maximum absolute atomic E-state index is 6.28. The number of aromatic nitrogens is 2.